The second-order valence-corrected chi connectivity index (χ2v) is 8.09. The summed E-state index contributed by atoms with van der Waals surface area (Å²) in [6.45, 7) is 1.36. The van der Waals surface area contributed by atoms with E-state index in [0.717, 1.165) is 19.4 Å². The second-order valence-electron chi connectivity index (χ2n) is 5.75. The molecule has 7 nitrogen and oxygen atoms in total. The maximum absolute atomic E-state index is 12.9. The molecule has 0 radical (unpaired) electrons. The van der Waals surface area contributed by atoms with Crippen LogP contribution in [0.3, 0.4) is 0 Å². The van der Waals surface area contributed by atoms with Gasteiger partial charge in [-0.15, -0.1) is 12.4 Å². The Morgan fingerprint density at radius 1 is 1.40 bits per heavy atom. The lowest BCUT2D eigenvalue weighted by atomic mass is 9.98. The van der Waals surface area contributed by atoms with Gasteiger partial charge in [0.15, 0.2) is 6.61 Å². The highest BCUT2D eigenvalue weighted by Crippen LogP contribution is 2.32. The molecular formula is C15H23Cl2N3O4S. The van der Waals surface area contributed by atoms with Gasteiger partial charge in [0.1, 0.15) is 10.6 Å². The molecular weight excluding hydrogens is 389 g/mol. The molecule has 1 heterocycles. The van der Waals surface area contributed by atoms with Gasteiger partial charge >= 0.3 is 0 Å². The molecule has 1 amide bonds. The van der Waals surface area contributed by atoms with Crippen LogP contribution in [0.15, 0.2) is 23.1 Å². The summed E-state index contributed by atoms with van der Waals surface area (Å²) in [5.41, 5.74) is 5.06. The lowest BCUT2D eigenvalue weighted by Gasteiger charge is -2.31. The first-order chi connectivity index (χ1) is 11.3. The van der Waals surface area contributed by atoms with Gasteiger partial charge in [0.05, 0.1) is 0 Å². The Labute approximate surface area is 159 Å². The number of ether oxygens (including phenoxy) is 1. The summed E-state index contributed by atoms with van der Waals surface area (Å²) >= 11 is 5.95. The van der Waals surface area contributed by atoms with Gasteiger partial charge in [0, 0.05) is 18.1 Å². The molecule has 1 aromatic rings. The lowest BCUT2D eigenvalue weighted by Crippen LogP contribution is -2.40. The van der Waals surface area contributed by atoms with Crippen molar-refractivity contribution < 1.29 is 17.9 Å². The molecule has 0 saturated carbocycles. The number of piperidine rings is 1. The van der Waals surface area contributed by atoms with Crippen LogP contribution in [0.5, 0.6) is 5.75 Å². The van der Waals surface area contributed by atoms with Crippen molar-refractivity contribution in [1.82, 2.24) is 9.62 Å². The van der Waals surface area contributed by atoms with Crippen molar-refractivity contribution in [3.05, 3.63) is 23.2 Å². The molecule has 1 aliphatic heterocycles. The number of nitrogens with zero attached hydrogens (tertiary/aromatic N) is 1. The maximum atomic E-state index is 12.9. The Morgan fingerprint density at radius 3 is 2.60 bits per heavy atom. The van der Waals surface area contributed by atoms with Crippen LogP contribution in [0, 0.1) is 5.92 Å². The van der Waals surface area contributed by atoms with Crippen LogP contribution >= 0.6 is 24.0 Å². The molecule has 0 aliphatic carbocycles. The number of amides is 1. The van der Waals surface area contributed by atoms with E-state index in [1.807, 2.05) is 7.05 Å². The number of benzene rings is 1. The Hall–Kier alpha value is -1.06. The number of sulfonamides is 1. The summed E-state index contributed by atoms with van der Waals surface area (Å²) in [7, 11) is -1.86. The fourth-order valence-electron chi connectivity index (χ4n) is 2.73. The quantitative estimate of drug-likeness (QED) is 0.702. The minimum Gasteiger partial charge on any atom is -0.482 e. The minimum absolute atomic E-state index is 0. The number of primary amides is 1. The number of carbonyl (C=O) groups is 1. The van der Waals surface area contributed by atoms with Crippen molar-refractivity contribution in [2.45, 2.75) is 17.7 Å². The first-order valence-electron chi connectivity index (χ1n) is 7.70. The van der Waals surface area contributed by atoms with Crippen LogP contribution < -0.4 is 15.8 Å². The molecule has 0 aromatic heterocycles. The highest BCUT2D eigenvalue weighted by molar-refractivity contribution is 7.89. The normalized spacial score (nSPS) is 16.2. The molecule has 0 atom stereocenters. The summed E-state index contributed by atoms with van der Waals surface area (Å²) in [6.07, 6.45) is 1.58. The zero-order chi connectivity index (χ0) is 17.7. The molecule has 1 fully saturated rings. The van der Waals surface area contributed by atoms with E-state index >= 15 is 0 Å². The van der Waals surface area contributed by atoms with Gasteiger partial charge in [0.25, 0.3) is 5.91 Å². The lowest BCUT2D eigenvalue weighted by molar-refractivity contribution is -0.120. The van der Waals surface area contributed by atoms with E-state index in [-0.39, 0.29) is 28.1 Å². The van der Waals surface area contributed by atoms with E-state index in [1.165, 1.54) is 22.5 Å². The molecule has 2 rings (SSSR count). The van der Waals surface area contributed by atoms with Crippen molar-refractivity contribution in [2.24, 2.45) is 11.7 Å². The Bertz CT molecular complexity index is 692. The highest BCUT2D eigenvalue weighted by atomic mass is 35.5. The molecule has 0 unspecified atom stereocenters. The van der Waals surface area contributed by atoms with Crippen molar-refractivity contribution in [3.8, 4) is 5.75 Å². The Kier molecular flexibility index (Phi) is 8.43. The SMILES string of the molecule is CNCC1CCN(S(=O)(=O)c2cc(Cl)ccc2OCC(N)=O)CC1.Cl. The van der Waals surface area contributed by atoms with E-state index in [9.17, 15) is 13.2 Å². The van der Waals surface area contributed by atoms with Crippen molar-refractivity contribution >= 4 is 39.9 Å². The summed E-state index contributed by atoms with van der Waals surface area (Å²) in [4.78, 5) is 10.9. The molecule has 1 aliphatic rings. The molecule has 1 aromatic carbocycles. The van der Waals surface area contributed by atoms with Gasteiger partial charge in [-0.1, -0.05) is 11.6 Å². The summed E-state index contributed by atoms with van der Waals surface area (Å²) in [5.74, 6) is -0.136. The zero-order valence-electron chi connectivity index (χ0n) is 13.9. The molecule has 3 N–H and O–H groups in total. The number of halogens is 2. The van der Waals surface area contributed by atoms with Crippen molar-refractivity contribution in [1.29, 1.82) is 0 Å². The van der Waals surface area contributed by atoms with E-state index in [4.69, 9.17) is 22.1 Å². The predicted molar refractivity (Wildman–Crippen MR) is 98.8 cm³/mol. The summed E-state index contributed by atoms with van der Waals surface area (Å²) in [6, 6.07) is 4.29. The topological polar surface area (TPSA) is 102 Å². The molecule has 25 heavy (non-hydrogen) atoms. The monoisotopic (exact) mass is 411 g/mol. The number of carbonyl (C=O) groups excluding carboxylic acids is 1. The number of rotatable bonds is 7. The zero-order valence-corrected chi connectivity index (χ0v) is 16.3. The molecule has 1 saturated heterocycles. The molecule has 142 valence electrons. The van der Waals surface area contributed by atoms with E-state index in [1.54, 1.807) is 0 Å². The fourth-order valence-corrected chi connectivity index (χ4v) is 4.60. The standard InChI is InChI=1S/C15H22ClN3O4S.ClH/c1-18-9-11-4-6-19(7-5-11)24(21,22)14-8-12(16)2-3-13(14)23-10-15(17)20;/h2-3,8,11,18H,4-7,9-10H2,1H3,(H2,17,20);1H. The number of hydrogen-bond donors (Lipinski definition) is 2. The summed E-state index contributed by atoms with van der Waals surface area (Å²) in [5, 5.41) is 3.40. The smallest absolute Gasteiger partial charge is 0.255 e. The van der Waals surface area contributed by atoms with Crippen LogP contribution in [0.25, 0.3) is 0 Å². The van der Waals surface area contributed by atoms with Crippen molar-refractivity contribution in [3.63, 3.8) is 0 Å². The average Bonchev–Trinajstić information content (AvgIpc) is 2.54. The van der Waals surface area contributed by atoms with Crippen LogP contribution in [-0.2, 0) is 14.8 Å². The second kappa shape index (κ2) is 9.59. The number of nitrogens with one attached hydrogen (secondary N) is 1. The molecule has 0 bridgehead atoms. The first-order valence-corrected chi connectivity index (χ1v) is 9.51. The van der Waals surface area contributed by atoms with Crippen molar-refractivity contribution in [2.75, 3.05) is 33.3 Å². The first kappa shape index (κ1) is 22.0. The predicted octanol–water partition coefficient (Wildman–Crippen LogP) is 1.25. The summed E-state index contributed by atoms with van der Waals surface area (Å²) < 4.78 is 32.5. The van der Waals surface area contributed by atoms with Crippen LogP contribution in [-0.4, -0.2) is 51.9 Å². The van der Waals surface area contributed by atoms with Gasteiger partial charge < -0.3 is 15.8 Å². The number of hydrogen-bond acceptors (Lipinski definition) is 5. The van der Waals surface area contributed by atoms with Crippen LogP contribution in [0.2, 0.25) is 5.02 Å². The van der Waals surface area contributed by atoms with Gasteiger partial charge in [-0.3, -0.25) is 4.79 Å². The number of nitrogens with two attached hydrogens (primary N) is 1. The molecule has 10 heteroatoms. The van der Waals surface area contributed by atoms with Gasteiger partial charge in [-0.2, -0.15) is 4.31 Å². The maximum Gasteiger partial charge on any atom is 0.255 e. The third-order valence-electron chi connectivity index (χ3n) is 3.96. The van der Waals surface area contributed by atoms with Crippen LogP contribution in [0.4, 0.5) is 0 Å². The van der Waals surface area contributed by atoms with Gasteiger partial charge in [-0.05, 0) is 50.6 Å². The van der Waals surface area contributed by atoms with Gasteiger partial charge in [-0.25, -0.2) is 8.42 Å². The molecule has 0 spiro atoms. The Balaban J connectivity index is 0.00000312. The Morgan fingerprint density at radius 2 is 2.04 bits per heavy atom. The average molecular weight is 412 g/mol. The van der Waals surface area contributed by atoms with E-state index in [0.29, 0.717) is 19.0 Å². The van der Waals surface area contributed by atoms with Gasteiger partial charge in [0.2, 0.25) is 10.0 Å². The van der Waals surface area contributed by atoms with Crippen LogP contribution in [0.1, 0.15) is 12.8 Å². The minimum atomic E-state index is -3.75. The van der Waals surface area contributed by atoms with E-state index < -0.39 is 22.5 Å². The third-order valence-corrected chi connectivity index (χ3v) is 6.11. The fraction of sp³-hybridized carbons (Fsp3) is 0.533. The highest BCUT2D eigenvalue weighted by Gasteiger charge is 2.31. The largest absolute Gasteiger partial charge is 0.482 e. The third kappa shape index (κ3) is 5.72. The van der Waals surface area contributed by atoms with E-state index in [2.05, 4.69) is 5.32 Å².